The third kappa shape index (κ3) is 4.92. The molecule has 26 heavy (non-hydrogen) atoms. The fraction of sp³-hybridized carbons (Fsp3) is 0.381. The zero-order valence-corrected chi connectivity index (χ0v) is 16.5. The van der Waals surface area contributed by atoms with Crippen molar-refractivity contribution in [2.45, 2.75) is 45.8 Å². The molecule has 4 nitrogen and oxygen atoms in total. The van der Waals surface area contributed by atoms with E-state index in [2.05, 4.69) is 5.32 Å². The van der Waals surface area contributed by atoms with E-state index >= 15 is 0 Å². The van der Waals surface area contributed by atoms with Gasteiger partial charge >= 0.3 is 0 Å². The minimum atomic E-state index is -0.594. The lowest BCUT2D eigenvalue weighted by molar-refractivity contribution is -0.128. The van der Waals surface area contributed by atoms with Gasteiger partial charge < -0.3 is 14.8 Å². The topological polar surface area (TPSA) is 47.6 Å². The fourth-order valence-electron chi connectivity index (χ4n) is 2.82. The van der Waals surface area contributed by atoms with Gasteiger partial charge in [-0.15, -0.1) is 0 Å². The Labute approximate surface area is 160 Å². The van der Waals surface area contributed by atoms with Gasteiger partial charge in [0.25, 0.3) is 5.91 Å². The number of methoxy groups -OCH3 is 1. The molecule has 2 atom stereocenters. The van der Waals surface area contributed by atoms with E-state index in [1.807, 2.05) is 51.1 Å². The van der Waals surface area contributed by atoms with Crippen LogP contribution in [0, 0.1) is 6.92 Å². The van der Waals surface area contributed by atoms with Crippen LogP contribution in [0.1, 0.15) is 43.9 Å². The number of carbonyl (C=O) groups excluding carboxylic acids is 1. The molecule has 0 radical (unpaired) electrons. The van der Waals surface area contributed by atoms with Gasteiger partial charge in [-0.3, -0.25) is 4.79 Å². The molecule has 0 fully saturated rings. The maximum absolute atomic E-state index is 12.7. The Hall–Kier alpha value is -2.20. The van der Waals surface area contributed by atoms with E-state index in [-0.39, 0.29) is 11.9 Å². The maximum Gasteiger partial charge on any atom is 0.261 e. The van der Waals surface area contributed by atoms with Crippen molar-refractivity contribution < 1.29 is 14.3 Å². The predicted molar refractivity (Wildman–Crippen MR) is 105 cm³/mol. The third-order valence-electron chi connectivity index (χ3n) is 4.32. The summed E-state index contributed by atoms with van der Waals surface area (Å²) in [4.78, 5) is 12.7. The van der Waals surface area contributed by atoms with Gasteiger partial charge in [-0.2, -0.15) is 0 Å². The van der Waals surface area contributed by atoms with Crippen molar-refractivity contribution in [1.82, 2.24) is 5.32 Å². The van der Waals surface area contributed by atoms with E-state index in [9.17, 15) is 4.79 Å². The summed E-state index contributed by atoms with van der Waals surface area (Å²) in [6.45, 7) is 5.95. The first kappa shape index (κ1) is 20.1. The van der Waals surface area contributed by atoms with E-state index in [1.54, 1.807) is 19.2 Å². The fourth-order valence-corrected chi connectivity index (χ4v) is 3.00. The molecule has 0 aromatic heterocycles. The Kier molecular flexibility index (Phi) is 7.34. The molecular weight excluding hydrogens is 350 g/mol. The van der Waals surface area contributed by atoms with Crippen LogP contribution in [0.25, 0.3) is 0 Å². The number of rotatable bonds is 8. The summed E-state index contributed by atoms with van der Waals surface area (Å²) in [6, 6.07) is 13.0. The summed E-state index contributed by atoms with van der Waals surface area (Å²) >= 11 is 6.14. The standard InChI is InChI=1S/C21H26ClNO3/c1-5-17(15-11-12-19(25-4)14(3)13-15)23-21(24)18(6-2)26-20-10-8-7-9-16(20)22/h7-13,17-18H,5-6H2,1-4H3,(H,23,24)/t17-,18+/m0/s1. The molecule has 0 saturated carbocycles. The SMILES string of the molecule is CC[C@H](NC(=O)[C@@H](CC)Oc1ccccc1Cl)c1ccc(OC)c(C)c1. The van der Waals surface area contributed by atoms with Crippen LogP contribution in [0.4, 0.5) is 0 Å². The lowest BCUT2D eigenvalue weighted by atomic mass is 10.0. The lowest BCUT2D eigenvalue weighted by Crippen LogP contribution is -2.40. The highest BCUT2D eigenvalue weighted by molar-refractivity contribution is 6.32. The minimum absolute atomic E-state index is 0.0870. The van der Waals surface area contributed by atoms with E-state index in [0.29, 0.717) is 17.2 Å². The van der Waals surface area contributed by atoms with Crippen LogP contribution in [0.2, 0.25) is 5.02 Å². The number of amides is 1. The largest absolute Gasteiger partial charge is 0.496 e. The van der Waals surface area contributed by atoms with Gasteiger partial charge in [-0.25, -0.2) is 0 Å². The Morgan fingerprint density at radius 3 is 2.42 bits per heavy atom. The maximum atomic E-state index is 12.7. The summed E-state index contributed by atoms with van der Waals surface area (Å²) < 4.78 is 11.1. The molecule has 0 bridgehead atoms. The first-order valence-corrected chi connectivity index (χ1v) is 9.24. The zero-order valence-electron chi connectivity index (χ0n) is 15.7. The van der Waals surface area contributed by atoms with Crippen LogP contribution >= 0.6 is 11.6 Å². The van der Waals surface area contributed by atoms with Gasteiger partial charge in [0.2, 0.25) is 0 Å². The monoisotopic (exact) mass is 375 g/mol. The first-order chi connectivity index (χ1) is 12.5. The molecule has 0 aliphatic carbocycles. The molecule has 2 rings (SSSR count). The number of ether oxygens (including phenoxy) is 2. The number of hydrogen-bond acceptors (Lipinski definition) is 3. The first-order valence-electron chi connectivity index (χ1n) is 8.86. The summed E-state index contributed by atoms with van der Waals surface area (Å²) in [5.41, 5.74) is 2.09. The third-order valence-corrected chi connectivity index (χ3v) is 4.63. The van der Waals surface area contributed by atoms with Crippen LogP contribution in [-0.4, -0.2) is 19.1 Å². The van der Waals surface area contributed by atoms with Crippen molar-refractivity contribution in [2.75, 3.05) is 7.11 Å². The molecule has 0 aliphatic rings. The number of halogens is 1. The Bertz CT molecular complexity index is 748. The lowest BCUT2D eigenvalue weighted by Gasteiger charge is -2.23. The minimum Gasteiger partial charge on any atom is -0.496 e. The van der Waals surface area contributed by atoms with Crippen LogP contribution in [0.3, 0.4) is 0 Å². The molecule has 2 aromatic rings. The molecule has 0 aliphatic heterocycles. The van der Waals surface area contributed by atoms with E-state index in [4.69, 9.17) is 21.1 Å². The highest BCUT2D eigenvalue weighted by atomic mass is 35.5. The second kappa shape index (κ2) is 9.48. The summed E-state index contributed by atoms with van der Waals surface area (Å²) in [6.07, 6.45) is 0.734. The van der Waals surface area contributed by atoms with Gasteiger partial charge in [0, 0.05) is 0 Å². The molecule has 1 amide bonds. The predicted octanol–water partition coefficient (Wildman–Crippen LogP) is 5.08. The Morgan fingerprint density at radius 1 is 1.12 bits per heavy atom. The Balaban J connectivity index is 2.11. The van der Waals surface area contributed by atoms with Gasteiger partial charge in [0.05, 0.1) is 18.2 Å². The number of nitrogens with one attached hydrogen (secondary N) is 1. The number of para-hydroxylation sites is 1. The quantitative estimate of drug-likeness (QED) is 0.699. The van der Waals surface area contributed by atoms with Crippen LogP contribution < -0.4 is 14.8 Å². The normalized spacial score (nSPS) is 13.0. The molecular formula is C21H26ClNO3. The smallest absolute Gasteiger partial charge is 0.261 e. The molecule has 140 valence electrons. The molecule has 1 N–H and O–H groups in total. The number of benzene rings is 2. The molecule has 2 aromatic carbocycles. The number of carbonyl (C=O) groups is 1. The zero-order chi connectivity index (χ0) is 19.1. The average molecular weight is 376 g/mol. The van der Waals surface area contributed by atoms with Crippen molar-refractivity contribution in [3.05, 3.63) is 58.6 Å². The van der Waals surface area contributed by atoms with Crippen LogP contribution in [0.15, 0.2) is 42.5 Å². The molecule has 5 heteroatoms. The van der Waals surface area contributed by atoms with Crippen molar-refractivity contribution in [3.63, 3.8) is 0 Å². The average Bonchev–Trinajstić information content (AvgIpc) is 2.65. The van der Waals surface area contributed by atoms with E-state index in [1.165, 1.54) is 0 Å². The molecule has 0 saturated heterocycles. The van der Waals surface area contributed by atoms with Crippen molar-refractivity contribution in [3.8, 4) is 11.5 Å². The second-order valence-corrected chi connectivity index (χ2v) is 6.55. The number of hydrogen-bond donors (Lipinski definition) is 1. The van der Waals surface area contributed by atoms with Gasteiger partial charge in [0.1, 0.15) is 11.5 Å². The Morgan fingerprint density at radius 2 is 1.85 bits per heavy atom. The van der Waals surface area contributed by atoms with Gasteiger partial charge in [-0.05, 0) is 49.1 Å². The van der Waals surface area contributed by atoms with Crippen molar-refractivity contribution in [2.24, 2.45) is 0 Å². The molecule has 0 heterocycles. The highest BCUT2D eigenvalue weighted by Crippen LogP contribution is 2.26. The van der Waals surface area contributed by atoms with E-state index < -0.39 is 6.10 Å². The van der Waals surface area contributed by atoms with Crippen LogP contribution in [0.5, 0.6) is 11.5 Å². The second-order valence-electron chi connectivity index (χ2n) is 6.14. The summed E-state index contributed by atoms with van der Waals surface area (Å²) in [5, 5.41) is 3.59. The van der Waals surface area contributed by atoms with Crippen molar-refractivity contribution >= 4 is 17.5 Å². The van der Waals surface area contributed by atoms with Crippen LogP contribution in [-0.2, 0) is 4.79 Å². The van der Waals surface area contributed by atoms with Gasteiger partial charge in [-0.1, -0.05) is 49.7 Å². The van der Waals surface area contributed by atoms with E-state index in [0.717, 1.165) is 23.3 Å². The van der Waals surface area contributed by atoms with Gasteiger partial charge in [0.15, 0.2) is 6.10 Å². The summed E-state index contributed by atoms with van der Waals surface area (Å²) in [5.74, 6) is 1.21. The summed E-state index contributed by atoms with van der Waals surface area (Å²) in [7, 11) is 1.65. The highest BCUT2D eigenvalue weighted by Gasteiger charge is 2.23. The molecule has 0 spiro atoms. The number of aryl methyl sites for hydroxylation is 1. The van der Waals surface area contributed by atoms with Crippen molar-refractivity contribution in [1.29, 1.82) is 0 Å². The molecule has 0 unspecified atom stereocenters.